The van der Waals surface area contributed by atoms with Gasteiger partial charge in [0, 0.05) is 12.4 Å². The van der Waals surface area contributed by atoms with Gasteiger partial charge in [0.05, 0.1) is 6.61 Å². The van der Waals surface area contributed by atoms with Crippen molar-refractivity contribution < 1.29 is 37.4 Å². The highest BCUT2D eigenvalue weighted by molar-refractivity contribution is 5.86. The van der Waals surface area contributed by atoms with Gasteiger partial charge in [-0.15, -0.1) is 0 Å². The molecule has 1 aromatic rings. The van der Waals surface area contributed by atoms with Gasteiger partial charge in [-0.3, -0.25) is 14.6 Å². The van der Waals surface area contributed by atoms with Crippen molar-refractivity contribution in [2.45, 2.75) is 37.6 Å². The van der Waals surface area contributed by atoms with Crippen LogP contribution in [0.15, 0.2) is 24.5 Å². The Morgan fingerprint density at radius 2 is 1.96 bits per heavy atom. The third-order valence-corrected chi connectivity index (χ3v) is 3.99. The van der Waals surface area contributed by atoms with Crippen LogP contribution in [0, 0.1) is 5.92 Å². The van der Waals surface area contributed by atoms with Crippen LogP contribution in [-0.2, 0) is 19.2 Å². The maximum absolute atomic E-state index is 12.0. The van der Waals surface area contributed by atoms with Gasteiger partial charge in [0.25, 0.3) is 5.91 Å². The number of carboxylic acids is 1. The second kappa shape index (κ2) is 7.36. The smallest absolute Gasteiger partial charge is 0.475 e. The van der Waals surface area contributed by atoms with Crippen LogP contribution in [0.1, 0.15) is 31.4 Å². The molecule has 1 saturated carbocycles. The van der Waals surface area contributed by atoms with Crippen LogP contribution >= 0.6 is 0 Å². The van der Waals surface area contributed by atoms with Gasteiger partial charge in [0.1, 0.15) is 11.7 Å². The van der Waals surface area contributed by atoms with Crippen LogP contribution < -0.4 is 5.48 Å². The van der Waals surface area contributed by atoms with Gasteiger partial charge in [0.2, 0.25) is 0 Å². The standard InChI is InChI=1S/C13H16N2O3.C2HF3O2/c1-9(11-2-4-14-5-3-11)18-15-12(16)13-6-10(7-13)8-17-13;3-2(4,5)1(6)7/h2-5,9-10H,6-8H2,1H3,(H,15,16);(H,6,7)/t9-,10?,13?;/m0./s1. The Balaban J connectivity index is 0.000000277. The molecule has 2 aliphatic heterocycles. The highest BCUT2D eigenvalue weighted by Crippen LogP contribution is 2.48. The molecule has 1 aromatic heterocycles. The zero-order valence-electron chi connectivity index (χ0n) is 13.2. The summed E-state index contributed by atoms with van der Waals surface area (Å²) in [4.78, 5) is 30.2. The fourth-order valence-electron chi connectivity index (χ4n) is 2.57. The van der Waals surface area contributed by atoms with Crippen molar-refractivity contribution >= 4 is 11.9 Å². The van der Waals surface area contributed by atoms with E-state index < -0.39 is 17.7 Å². The summed E-state index contributed by atoms with van der Waals surface area (Å²) in [7, 11) is 0. The summed E-state index contributed by atoms with van der Waals surface area (Å²) in [5.41, 5.74) is 2.88. The third-order valence-electron chi connectivity index (χ3n) is 3.99. The number of pyridine rings is 1. The Morgan fingerprint density at radius 1 is 1.40 bits per heavy atom. The number of alkyl halides is 3. The highest BCUT2D eigenvalue weighted by Gasteiger charge is 2.57. The summed E-state index contributed by atoms with van der Waals surface area (Å²) in [6, 6.07) is 3.72. The largest absolute Gasteiger partial charge is 0.490 e. The number of halogens is 3. The monoisotopic (exact) mass is 362 g/mol. The lowest BCUT2D eigenvalue weighted by molar-refractivity contribution is -0.192. The summed E-state index contributed by atoms with van der Waals surface area (Å²) < 4.78 is 37.2. The Morgan fingerprint density at radius 3 is 2.40 bits per heavy atom. The number of hydrogen-bond acceptors (Lipinski definition) is 5. The van der Waals surface area contributed by atoms with E-state index in [1.54, 1.807) is 12.4 Å². The van der Waals surface area contributed by atoms with Crippen LogP contribution in [-0.4, -0.2) is 40.4 Å². The van der Waals surface area contributed by atoms with Crippen molar-refractivity contribution in [1.29, 1.82) is 0 Å². The summed E-state index contributed by atoms with van der Waals surface area (Å²) in [5.74, 6) is -2.35. The minimum absolute atomic E-state index is 0.155. The summed E-state index contributed by atoms with van der Waals surface area (Å²) >= 11 is 0. The second-order valence-corrected chi connectivity index (χ2v) is 5.85. The fraction of sp³-hybridized carbons (Fsp3) is 0.533. The van der Waals surface area contributed by atoms with Gasteiger partial charge in [-0.25, -0.2) is 10.3 Å². The molecule has 3 fully saturated rings. The minimum atomic E-state index is -5.08. The average molecular weight is 362 g/mol. The first kappa shape index (κ1) is 19.1. The van der Waals surface area contributed by atoms with E-state index in [1.165, 1.54) is 0 Å². The van der Waals surface area contributed by atoms with Crippen molar-refractivity contribution in [1.82, 2.24) is 10.5 Å². The molecule has 138 valence electrons. The molecule has 1 amide bonds. The quantitative estimate of drug-likeness (QED) is 0.795. The molecule has 1 atom stereocenters. The van der Waals surface area contributed by atoms with Crippen LogP contribution in [0.5, 0.6) is 0 Å². The van der Waals surface area contributed by atoms with E-state index >= 15 is 0 Å². The van der Waals surface area contributed by atoms with E-state index in [0.717, 1.165) is 18.4 Å². The molecular formula is C15H17F3N2O5. The zero-order valence-corrected chi connectivity index (χ0v) is 13.2. The first-order chi connectivity index (χ1) is 11.6. The number of carbonyl (C=O) groups excluding carboxylic acids is 1. The lowest BCUT2D eigenvalue weighted by Gasteiger charge is -2.34. The van der Waals surface area contributed by atoms with E-state index in [4.69, 9.17) is 19.5 Å². The van der Waals surface area contributed by atoms with Crippen molar-refractivity contribution in [3.63, 3.8) is 0 Å². The zero-order chi connectivity index (χ0) is 18.7. The Labute approximate surface area is 141 Å². The number of carboxylic acid groups (broad SMARTS) is 1. The molecule has 7 nitrogen and oxygen atoms in total. The van der Waals surface area contributed by atoms with E-state index in [-0.39, 0.29) is 12.0 Å². The molecule has 4 rings (SSSR count). The Hall–Kier alpha value is -2.20. The molecule has 1 aliphatic carbocycles. The average Bonchev–Trinajstić information content (AvgIpc) is 3.14. The number of nitrogens with zero attached hydrogens (tertiary/aromatic N) is 1. The predicted molar refractivity (Wildman–Crippen MR) is 77.0 cm³/mol. The van der Waals surface area contributed by atoms with Gasteiger partial charge >= 0.3 is 12.1 Å². The van der Waals surface area contributed by atoms with Crippen LogP contribution in [0.25, 0.3) is 0 Å². The molecule has 0 spiro atoms. The molecule has 2 saturated heterocycles. The number of hydrogen-bond donors (Lipinski definition) is 2. The van der Waals surface area contributed by atoms with Crippen molar-refractivity contribution in [2.24, 2.45) is 5.92 Å². The third kappa shape index (κ3) is 4.67. The van der Waals surface area contributed by atoms with Crippen molar-refractivity contribution in [2.75, 3.05) is 6.61 Å². The summed E-state index contributed by atoms with van der Waals surface area (Å²) in [6.45, 7) is 2.58. The van der Waals surface area contributed by atoms with Gasteiger partial charge in [-0.05, 0) is 43.4 Å². The van der Waals surface area contributed by atoms with Crippen LogP contribution in [0.3, 0.4) is 0 Å². The predicted octanol–water partition coefficient (Wildman–Crippen LogP) is 2.00. The molecular weight excluding hydrogens is 345 g/mol. The molecule has 0 unspecified atom stereocenters. The normalized spacial score (nSPS) is 25.2. The fourth-order valence-corrected chi connectivity index (χ4v) is 2.57. The van der Waals surface area contributed by atoms with Gasteiger partial charge in [-0.1, -0.05) is 0 Å². The number of hydroxylamine groups is 1. The van der Waals surface area contributed by atoms with Crippen LogP contribution in [0.2, 0.25) is 0 Å². The number of fused-ring (bicyclic) bond motifs is 1. The van der Waals surface area contributed by atoms with Gasteiger partial charge in [-0.2, -0.15) is 13.2 Å². The number of nitrogens with one attached hydrogen (secondary N) is 1. The Bertz CT molecular complexity index is 612. The molecule has 0 radical (unpaired) electrons. The SMILES string of the molecule is C[C@H](ONC(=O)C12CC(CO1)C2)c1ccncc1.O=C(O)C(F)(F)F. The summed E-state index contributed by atoms with van der Waals surface area (Å²) in [6.07, 6.45) is -0.235. The Kier molecular flexibility index (Phi) is 5.63. The first-order valence-electron chi connectivity index (χ1n) is 7.44. The van der Waals surface area contributed by atoms with Crippen LogP contribution in [0.4, 0.5) is 13.2 Å². The first-order valence-corrected chi connectivity index (χ1v) is 7.44. The van der Waals surface area contributed by atoms with Gasteiger partial charge < -0.3 is 9.84 Å². The molecule has 2 N–H and O–H groups in total. The van der Waals surface area contributed by atoms with E-state index in [2.05, 4.69) is 10.5 Å². The minimum Gasteiger partial charge on any atom is -0.475 e. The second-order valence-electron chi connectivity index (χ2n) is 5.85. The van der Waals surface area contributed by atoms with E-state index in [9.17, 15) is 18.0 Å². The van der Waals surface area contributed by atoms with Crippen molar-refractivity contribution in [3.8, 4) is 0 Å². The number of carbonyl (C=O) groups is 2. The molecule has 3 aliphatic rings. The number of aromatic nitrogens is 1. The molecule has 25 heavy (non-hydrogen) atoms. The molecule has 0 aromatic carbocycles. The van der Waals surface area contributed by atoms with E-state index in [0.29, 0.717) is 12.5 Å². The molecule has 10 heteroatoms. The molecule has 2 bridgehead atoms. The number of amides is 1. The molecule has 3 heterocycles. The number of aliphatic carboxylic acids is 1. The highest BCUT2D eigenvalue weighted by atomic mass is 19.4. The van der Waals surface area contributed by atoms with Crippen molar-refractivity contribution in [3.05, 3.63) is 30.1 Å². The van der Waals surface area contributed by atoms with E-state index in [1.807, 2.05) is 19.1 Å². The number of rotatable bonds is 4. The lowest BCUT2D eigenvalue weighted by atomic mass is 9.74. The topological polar surface area (TPSA) is 97.8 Å². The van der Waals surface area contributed by atoms with Gasteiger partial charge in [0.15, 0.2) is 0 Å². The lowest BCUT2D eigenvalue weighted by Crippen LogP contribution is -2.51. The maximum atomic E-state index is 12.0. The maximum Gasteiger partial charge on any atom is 0.490 e. The summed E-state index contributed by atoms with van der Waals surface area (Å²) in [5, 5.41) is 7.12. The number of ether oxygens (including phenoxy) is 1.